The molecule has 1 aromatic rings. The van der Waals surface area contributed by atoms with E-state index in [0.717, 1.165) is 6.61 Å². The van der Waals surface area contributed by atoms with E-state index in [1.54, 1.807) is 18.5 Å². The fraction of sp³-hybridized carbons (Fsp3) is 0.636. The first kappa shape index (κ1) is 11.9. The van der Waals surface area contributed by atoms with Gasteiger partial charge in [0.25, 0.3) is 0 Å². The molecule has 0 spiro atoms. The van der Waals surface area contributed by atoms with Crippen LogP contribution in [0.4, 0.5) is 5.95 Å². The summed E-state index contributed by atoms with van der Waals surface area (Å²) in [7, 11) is 0. The van der Waals surface area contributed by atoms with Crippen LogP contribution in [0.1, 0.15) is 20.8 Å². The van der Waals surface area contributed by atoms with Gasteiger partial charge in [0.1, 0.15) is 0 Å². The number of anilines is 1. The Hall–Kier alpha value is -1.16. The largest absolute Gasteiger partial charge is 0.380 e. The van der Waals surface area contributed by atoms with Gasteiger partial charge >= 0.3 is 0 Å². The summed E-state index contributed by atoms with van der Waals surface area (Å²) in [6.45, 7) is 7.72. The van der Waals surface area contributed by atoms with Gasteiger partial charge in [-0.15, -0.1) is 0 Å². The highest BCUT2D eigenvalue weighted by Gasteiger charge is 2.13. The van der Waals surface area contributed by atoms with E-state index in [9.17, 15) is 0 Å². The highest BCUT2D eigenvalue weighted by Crippen LogP contribution is 2.08. The molecule has 84 valence electrons. The molecule has 15 heavy (non-hydrogen) atoms. The van der Waals surface area contributed by atoms with Crippen molar-refractivity contribution in [3.63, 3.8) is 0 Å². The molecule has 4 nitrogen and oxygen atoms in total. The van der Waals surface area contributed by atoms with Crippen LogP contribution in [0.25, 0.3) is 0 Å². The Bertz CT molecular complexity index is 264. The average Bonchev–Trinajstić information content (AvgIpc) is 2.25. The summed E-state index contributed by atoms with van der Waals surface area (Å²) >= 11 is 0. The quantitative estimate of drug-likeness (QED) is 0.778. The van der Waals surface area contributed by atoms with Crippen LogP contribution in [0.3, 0.4) is 0 Å². The molecule has 1 unspecified atom stereocenters. The van der Waals surface area contributed by atoms with E-state index in [1.165, 1.54) is 0 Å². The molecule has 0 saturated heterocycles. The lowest BCUT2D eigenvalue weighted by molar-refractivity contribution is 0.126. The lowest BCUT2D eigenvalue weighted by Crippen LogP contribution is -2.31. The average molecular weight is 209 g/mol. The van der Waals surface area contributed by atoms with Crippen LogP contribution in [0.15, 0.2) is 18.5 Å². The normalized spacial score (nSPS) is 12.8. The minimum atomic E-state index is 0.257. The summed E-state index contributed by atoms with van der Waals surface area (Å²) in [6, 6.07) is 2.06. The first-order valence-corrected chi connectivity index (χ1v) is 5.35. The van der Waals surface area contributed by atoms with Crippen LogP contribution in [0, 0.1) is 5.92 Å². The van der Waals surface area contributed by atoms with Gasteiger partial charge in [0.2, 0.25) is 5.95 Å². The minimum absolute atomic E-state index is 0.257. The summed E-state index contributed by atoms with van der Waals surface area (Å²) in [4.78, 5) is 8.26. The molecule has 1 atom stereocenters. The number of ether oxygens (including phenoxy) is 1. The van der Waals surface area contributed by atoms with E-state index in [-0.39, 0.29) is 6.04 Å². The second-order valence-corrected chi connectivity index (χ2v) is 3.73. The summed E-state index contributed by atoms with van der Waals surface area (Å²) in [5.41, 5.74) is 0. The molecule has 0 bridgehead atoms. The first-order valence-electron chi connectivity index (χ1n) is 5.35. The van der Waals surface area contributed by atoms with E-state index in [0.29, 0.717) is 18.5 Å². The van der Waals surface area contributed by atoms with Crippen LogP contribution in [0.2, 0.25) is 0 Å². The summed E-state index contributed by atoms with van der Waals surface area (Å²) < 4.78 is 5.41. The van der Waals surface area contributed by atoms with Gasteiger partial charge in [-0.3, -0.25) is 0 Å². The standard InChI is InChI=1S/C11H19N3O/c1-4-15-8-10(9(2)3)14-11-12-6-5-7-13-11/h5-7,9-10H,4,8H2,1-3H3,(H,12,13,14). The van der Waals surface area contributed by atoms with Gasteiger partial charge in [-0.05, 0) is 18.9 Å². The van der Waals surface area contributed by atoms with Crippen molar-refractivity contribution >= 4 is 5.95 Å². The molecule has 0 fully saturated rings. The van der Waals surface area contributed by atoms with Crippen molar-refractivity contribution in [1.29, 1.82) is 0 Å². The highest BCUT2D eigenvalue weighted by molar-refractivity contribution is 5.24. The van der Waals surface area contributed by atoms with Crippen LogP contribution in [-0.4, -0.2) is 29.2 Å². The monoisotopic (exact) mass is 209 g/mol. The third kappa shape index (κ3) is 4.25. The Kier molecular flexibility index (Phi) is 5.04. The SMILES string of the molecule is CCOCC(Nc1ncccn1)C(C)C. The Morgan fingerprint density at radius 3 is 2.53 bits per heavy atom. The topological polar surface area (TPSA) is 47.0 Å². The third-order valence-electron chi connectivity index (χ3n) is 2.19. The van der Waals surface area contributed by atoms with E-state index < -0.39 is 0 Å². The van der Waals surface area contributed by atoms with Gasteiger partial charge in [-0.25, -0.2) is 9.97 Å². The second kappa shape index (κ2) is 6.35. The number of rotatable bonds is 6. The molecule has 1 rings (SSSR count). The number of hydrogen-bond donors (Lipinski definition) is 1. The second-order valence-electron chi connectivity index (χ2n) is 3.73. The molecule has 0 amide bonds. The zero-order chi connectivity index (χ0) is 11.1. The zero-order valence-corrected chi connectivity index (χ0v) is 9.60. The Balaban J connectivity index is 2.51. The van der Waals surface area contributed by atoms with Gasteiger partial charge in [-0.1, -0.05) is 13.8 Å². The van der Waals surface area contributed by atoms with Gasteiger partial charge in [0.05, 0.1) is 12.6 Å². The van der Waals surface area contributed by atoms with Crippen molar-refractivity contribution in [1.82, 2.24) is 9.97 Å². The molecule has 1 N–H and O–H groups in total. The van der Waals surface area contributed by atoms with Gasteiger partial charge < -0.3 is 10.1 Å². The lowest BCUT2D eigenvalue weighted by atomic mass is 10.1. The number of aromatic nitrogens is 2. The molecular weight excluding hydrogens is 190 g/mol. The summed E-state index contributed by atoms with van der Waals surface area (Å²) in [6.07, 6.45) is 3.46. The van der Waals surface area contributed by atoms with E-state index >= 15 is 0 Å². The molecule has 4 heteroatoms. The number of nitrogens with one attached hydrogen (secondary N) is 1. The van der Waals surface area contributed by atoms with Crippen molar-refractivity contribution in [3.8, 4) is 0 Å². The van der Waals surface area contributed by atoms with Crippen LogP contribution < -0.4 is 5.32 Å². The molecule has 0 saturated carbocycles. The lowest BCUT2D eigenvalue weighted by Gasteiger charge is -2.21. The summed E-state index contributed by atoms with van der Waals surface area (Å²) in [5.74, 6) is 1.15. The third-order valence-corrected chi connectivity index (χ3v) is 2.19. The molecule has 0 aliphatic carbocycles. The van der Waals surface area contributed by atoms with Gasteiger partial charge in [-0.2, -0.15) is 0 Å². The van der Waals surface area contributed by atoms with Crippen LogP contribution in [0.5, 0.6) is 0 Å². The minimum Gasteiger partial charge on any atom is -0.380 e. The van der Waals surface area contributed by atoms with Crippen molar-refractivity contribution in [2.75, 3.05) is 18.5 Å². The maximum Gasteiger partial charge on any atom is 0.222 e. The Morgan fingerprint density at radius 2 is 2.00 bits per heavy atom. The predicted molar refractivity (Wildman–Crippen MR) is 60.8 cm³/mol. The first-order chi connectivity index (χ1) is 7.24. The maximum absolute atomic E-state index is 5.41. The van der Waals surface area contributed by atoms with Crippen LogP contribution >= 0.6 is 0 Å². The molecular formula is C11H19N3O. The zero-order valence-electron chi connectivity index (χ0n) is 9.60. The Labute approximate surface area is 91.1 Å². The summed E-state index contributed by atoms with van der Waals surface area (Å²) in [5, 5.41) is 3.27. The van der Waals surface area contributed by atoms with E-state index in [2.05, 4.69) is 29.1 Å². The smallest absolute Gasteiger partial charge is 0.222 e. The predicted octanol–water partition coefficient (Wildman–Crippen LogP) is 1.95. The van der Waals surface area contributed by atoms with Gasteiger partial charge in [0.15, 0.2) is 0 Å². The molecule has 0 aliphatic rings. The van der Waals surface area contributed by atoms with E-state index in [1.807, 2.05) is 6.92 Å². The molecule has 0 radical (unpaired) electrons. The van der Waals surface area contributed by atoms with Crippen LogP contribution in [-0.2, 0) is 4.74 Å². The molecule has 0 aromatic carbocycles. The van der Waals surface area contributed by atoms with Crippen molar-refractivity contribution in [2.45, 2.75) is 26.8 Å². The fourth-order valence-corrected chi connectivity index (χ4v) is 1.19. The molecule has 1 aromatic heterocycles. The van der Waals surface area contributed by atoms with Crippen molar-refractivity contribution in [2.24, 2.45) is 5.92 Å². The Morgan fingerprint density at radius 1 is 1.33 bits per heavy atom. The number of hydrogen-bond acceptors (Lipinski definition) is 4. The maximum atomic E-state index is 5.41. The van der Waals surface area contributed by atoms with Crippen molar-refractivity contribution < 1.29 is 4.74 Å². The highest BCUT2D eigenvalue weighted by atomic mass is 16.5. The number of nitrogens with zero attached hydrogens (tertiary/aromatic N) is 2. The van der Waals surface area contributed by atoms with Gasteiger partial charge in [0, 0.05) is 19.0 Å². The van der Waals surface area contributed by atoms with Crippen molar-refractivity contribution in [3.05, 3.63) is 18.5 Å². The van der Waals surface area contributed by atoms with E-state index in [4.69, 9.17) is 4.74 Å². The fourth-order valence-electron chi connectivity index (χ4n) is 1.19. The molecule has 0 aliphatic heterocycles. The molecule has 1 heterocycles.